The molecule has 0 saturated heterocycles. The van der Waals surface area contributed by atoms with E-state index >= 15 is 0 Å². The molecule has 6 heteroatoms. The zero-order valence-electron chi connectivity index (χ0n) is 10.8. The van der Waals surface area contributed by atoms with Crippen LogP contribution in [0.4, 0.5) is 5.69 Å². The van der Waals surface area contributed by atoms with Crippen LogP contribution in [0.3, 0.4) is 0 Å². The Morgan fingerprint density at radius 2 is 2.25 bits per heavy atom. The first-order valence-electron chi connectivity index (χ1n) is 5.78. The van der Waals surface area contributed by atoms with Crippen molar-refractivity contribution in [2.24, 2.45) is 4.99 Å². The lowest BCUT2D eigenvalue weighted by Crippen LogP contribution is -2.12. The third kappa shape index (κ3) is 4.00. The Kier molecular flexibility index (Phi) is 4.98. The monoisotopic (exact) mass is 284 g/mol. The molecule has 0 aliphatic carbocycles. The Bertz CT molecular complexity index is 637. The van der Waals surface area contributed by atoms with Crippen LogP contribution in [-0.2, 0) is 0 Å². The fourth-order valence-corrected chi connectivity index (χ4v) is 1.78. The molecular weight excluding hydrogens is 272 g/mol. The summed E-state index contributed by atoms with van der Waals surface area (Å²) in [6.07, 6.45) is 5.36. The van der Waals surface area contributed by atoms with Crippen LogP contribution in [-0.4, -0.2) is 16.4 Å². The number of thioether (sulfide) groups is 1. The van der Waals surface area contributed by atoms with Crippen molar-refractivity contribution >= 4 is 22.6 Å². The molecule has 0 unspecified atom stereocenters. The van der Waals surface area contributed by atoms with Crippen LogP contribution in [0, 0.1) is 11.5 Å². The van der Waals surface area contributed by atoms with E-state index in [1.54, 1.807) is 18.3 Å². The van der Waals surface area contributed by atoms with Crippen molar-refractivity contribution in [1.82, 2.24) is 10.3 Å². The number of nitrogens with zero attached hydrogens (tertiary/aromatic N) is 3. The fraction of sp³-hybridized carbons (Fsp3) is 0.0714. The molecule has 0 bridgehead atoms. The molecule has 0 atom stereocenters. The highest BCUT2D eigenvalue weighted by molar-refractivity contribution is 8.13. The van der Waals surface area contributed by atoms with Crippen molar-refractivity contribution in [1.29, 1.82) is 5.26 Å². The molecule has 20 heavy (non-hydrogen) atoms. The zero-order valence-corrected chi connectivity index (χ0v) is 11.6. The summed E-state index contributed by atoms with van der Waals surface area (Å²) in [5.74, 6) is 1.16. The first-order valence-corrected chi connectivity index (χ1v) is 7.01. The van der Waals surface area contributed by atoms with Crippen molar-refractivity contribution in [2.45, 2.75) is 0 Å². The molecular formula is C14H12N4OS. The summed E-state index contributed by atoms with van der Waals surface area (Å²) in [6, 6.07) is 12.7. The maximum Gasteiger partial charge on any atom is 0.219 e. The van der Waals surface area contributed by atoms with Crippen LogP contribution in [0.1, 0.15) is 0 Å². The summed E-state index contributed by atoms with van der Waals surface area (Å²) in [5, 5.41) is 11.7. The van der Waals surface area contributed by atoms with E-state index in [1.807, 2.05) is 42.8 Å². The molecule has 0 spiro atoms. The molecule has 1 heterocycles. The summed E-state index contributed by atoms with van der Waals surface area (Å²) in [4.78, 5) is 8.41. The van der Waals surface area contributed by atoms with E-state index < -0.39 is 0 Å². The SMILES string of the molecule is CSC(=Nc1cccc(Oc2ccccn2)c1)NC#N. The lowest BCUT2D eigenvalue weighted by molar-refractivity contribution is 0.463. The minimum atomic E-state index is 0.522. The molecule has 0 fully saturated rings. The van der Waals surface area contributed by atoms with Crippen molar-refractivity contribution in [3.05, 3.63) is 48.7 Å². The van der Waals surface area contributed by atoms with Crippen LogP contribution in [0.15, 0.2) is 53.7 Å². The maximum atomic E-state index is 8.61. The topological polar surface area (TPSA) is 70.3 Å². The molecule has 1 N–H and O–H groups in total. The number of benzene rings is 1. The van der Waals surface area contributed by atoms with E-state index in [1.165, 1.54) is 11.8 Å². The average molecular weight is 284 g/mol. The number of nitrogens with one attached hydrogen (secondary N) is 1. The number of aromatic nitrogens is 1. The van der Waals surface area contributed by atoms with Gasteiger partial charge in [0.25, 0.3) is 0 Å². The van der Waals surface area contributed by atoms with Gasteiger partial charge in [-0.2, -0.15) is 5.26 Å². The van der Waals surface area contributed by atoms with Crippen molar-refractivity contribution in [3.8, 4) is 17.8 Å². The minimum absolute atomic E-state index is 0.522. The van der Waals surface area contributed by atoms with E-state index in [-0.39, 0.29) is 0 Å². The fourth-order valence-electron chi connectivity index (χ4n) is 1.43. The van der Waals surface area contributed by atoms with Gasteiger partial charge in [0, 0.05) is 18.3 Å². The molecule has 2 rings (SSSR count). The standard InChI is InChI=1S/C14H12N4OS/c1-20-14(17-10-15)18-11-5-4-6-12(9-11)19-13-7-2-3-8-16-13/h2-9H,1H3,(H,17,18). The van der Waals surface area contributed by atoms with Gasteiger partial charge in [-0.25, -0.2) is 9.98 Å². The van der Waals surface area contributed by atoms with Gasteiger partial charge in [0.2, 0.25) is 5.88 Å². The van der Waals surface area contributed by atoms with Gasteiger partial charge >= 0.3 is 0 Å². The normalized spacial score (nSPS) is 10.7. The van der Waals surface area contributed by atoms with E-state index in [0.717, 1.165) is 0 Å². The first kappa shape index (κ1) is 13.9. The molecule has 5 nitrogen and oxygen atoms in total. The first-order chi connectivity index (χ1) is 9.81. The highest BCUT2D eigenvalue weighted by atomic mass is 32.2. The zero-order chi connectivity index (χ0) is 14.2. The number of aliphatic imine (C=N–C) groups is 1. The number of amidine groups is 1. The number of rotatable bonds is 3. The second-order valence-electron chi connectivity index (χ2n) is 3.63. The summed E-state index contributed by atoms with van der Waals surface area (Å²) in [5.41, 5.74) is 0.700. The summed E-state index contributed by atoms with van der Waals surface area (Å²) >= 11 is 1.36. The highest BCUT2D eigenvalue weighted by Gasteiger charge is 2.01. The number of hydrogen-bond donors (Lipinski definition) is 1. The summed E-state index contributed by atoms with van der Waals surface area (Å²) in [6.45, 7) is 0. The summed E-state index contributed by atoms with van der Waals surface area (Å²) in [7, 11) is 0. The van der Waals surface area contributed by atoms with E-state index in [4.69, 9.17) is 10.00 Å². The van der Waals surface area contributed by atoms with Crippen LogP contribution in [0.2, 0.25) is 0 Å². The molecule has 0 amide bonds. The molecule has 1 aromatic heterocycles. The van der Waals surface area contributed by atoms with Gasteiger partial charge in [-0.3, -0.25) is 5.32 Å². The second kappa shape index (κ2) is 7.16. The lowest BCUT2D eigenvalue weighted by atomic mass is 10.3. The van der Waals surface area contributed by atoms with E-state index in [2.05, 4.69) is 15.3 Å². The molecule has 2 aromatic rings. The lowest BCUT2D eigenvalue weighted by Gasteiger charge is -2.05. The number of hydrogen-bond acceptors (Lipinski definition) is 5. The van der Waals surface area contributed by atoms with Gasteiger partial charge in [-0.05, 0) is 24.5 Å². The van der Waals surface area contributed by atoms with Gasteiger partial charge in [-0.1, -0.05) is 23.9 Å². The minimum Gasteiger partial charge on any atom is -0.439 e. The average Bonchev–Trinajstić information content (AvgIpc) is 2.48. The third-order valence-electron chi connectivity index (χ3n) is 2.26. The van der Waals surface area contributed by atoms with Crippen LogP contribution in [0.5, 0.6) is 11.6 Å². The van der Waals surface area contributed by atoms with Gasteiger partial charge in [0.15, 0.2) is 11.4 Å². The Hall–Kier alpha value is -2.52. The van der Waals surface area contributed by atoms with Gasteiger partial charge < -0.3 is 4.74 Å². The van der Waals surface area contributed by atoms with Crippen LogP contribution < -0.4 is 10.1 Å². The molecule has 0 aliphatic rings. The Morgan fingerprint density at radius 3 is 2.95 bits per heavy atom. The van der Waals surface area contributed by atoms with Crippen molar-refractivity contribution < 1.29 is 4.74 Å². The number of pyridine rings is 1. The predicted octanol–water partition coefficient (Wildman–Crippen LogP) is 3.30. The highest BCUT2D eigenvalue weighted by Crippen LogP contribution is 2.24. The maximum absolute atomic E-state index is 8.61. The summed E-state index contributed by atoms with van der Waals surface area (Å²) < 4.78 is 5.62. The molecule has 0 aliphatic heterocycles. The second-order valence-corrected chi connectivity index (χ2v) is 4.42. The quantitative estimate of drug-likeness (QED) is 0.405. The Balaban J connectivity index is 2.18. The molecule has 0 saturated carbocycles. The Labute approximate surface area is 121 Å². The molecule has 100 valence electrons. The van der Waals surface area contributed by atoms with Gasteiger partial charge in [0.05, 0.1) is 5.69 Å². The number of nitriles is 1. The predicted molar refractivity (Wildman–Crippen MR) is 80.1 cm³/mol. The third-order valence-corrected chi connectivity index (χ3v) is 2.84. The van der Waals surface area contributed by atoms with Crippen LogP contribution in [0.25, 0.3) is 0 Å². The number of ether oxygens (including phenoxy) is 1. The van der Waals surface area contributed by atoms with Crippen LogP contribution >= 0.6 is 11.8 Å². The molecule has 1 aromatic carbocycles. The van der Waals surface area contributed by atoms with Crippen molar-refractivity contribution in [3.63, 3.8) is 0 Å². The smallest absolute Gasteiger partial charge is 0.219 e. The van der Waals surface area contributed by atoms with Crippen molar-refractivity contribution in [2.75, 3.05) is 6.26 Å². The van der Waals surface area contributed by atoms with Gasteiger partial charge in [-0.15, -0.1) is 0 Å². The van der Waals surface area contributed by atoms with E-state index in [9.17, 15) is 0 Å². The largest absolute Gasteiger partial charge is 0.439 e. The molecule has 0 radical (unpaired) electrons. The van der Waals surface area contributed by atoms with Gasteiger partial charge in [0.1, 0.15) is 5.75 Å². The Morgan fingerprint density at radius 1 is 1.35 bits per heavy atom. The van der Waals surface area contributed by atoms with E-state index in [0.29, 0.717) is 22.5 Å².